The third kappa shape index (κ3) is 3.13. The highest BCUT2D eigenvalue weighted by Crippen LogP contribution is 2.30. The van der Waals surface area contributed by atoms with E-state index in [1.807, 2.05) is 22.9 Å². The van der Waals surface area contributed by atoms with Crippen molar-refractivity contribution in [2.24, 2.45) is 0 Å². The molecule has 4 nitrogen and oxygen atoms in total. The third-order valence-corrected chi connectivity index (χ3v) is 5.26. The van der Waals surface area contributed by atoms with Gasteiger partial charge >= 0.3 is 0 Å². The van der Waals surface area contributed by atoms with Crippen LogP contribution in [0.25, 0.3) is 11.3 Å². The summed E-state index contributed by atoms with van der Waals surface area (Å²) >= 11 is 2.86. The van der Waals surface area contributed by atoms with Crippen LogP contribution in [0.5, 0.6) is 0 Å². The van der Waals surface area contributed by atoms with Crippen molar-refractivity contribution in [3.63, 3.8) is 0 Å². The molecule has 1 N–H and O–H groups in total. The second kappa shape index (κ2) is 6.52. The molecule has 0 fully saturated rings. The Labute approximate surface area is 143 Å². The van der Waals surface area contributed by atoms with Gasteiger partial charge < -0.3 is 4.57 Å². The van der Waals surface area contributed by atoms with E-state index in [4.69, 9.17) is 0 Å². The van der Waals surface area contributed by atoms with Crippen molar-refractivity contribution < 1.29 is 4.79 Å². The van der Waals surface area contributed by atoms with Crippen molar-refractivity contribution >= 4 is 33.7 Å². The Bertz CT molecular complexity index is 843. The highest BCUT2D eigenvalue weighted by molar-refractivity contribution is 7.14. The summed E-state index contributed by atoms with van der Waals surface area (Å²) in [5.41, 5.74) is 4.32. The zero-order valence-electron chi connectivity index (χ0n) is 13.0. The summed E-state index contributed by atoms with van der Waals surface area (Å²) < 4.78 is 2.20. The number of anilines is 1. The number of thiazole rings is 1. The summed E-state index contributed by atoms with van der Waals surface area (Å²) in [6, 6.07) is 5.79. The molecule has 0 saturated carbocycles. The molecule has 0 aliphatic carbocycles. The van der Waals surface area contributed by atoms with E-state index >= 15 is 0 Å². The number of carbonyl (C=O) groups is 1. The fourth-order valence-corrected chi connectivity index (χ4v) is 3.82. The molecule has 0 aromatic carbocycles. The lowest BCUT2D eigenvalue weighted by Crippen LogP contribution is -2.09. The minimum Gasteiger partial charge on any atom is -0.345 e. The van der Waals surface area contributed by atoms with Crippen LogP contribution in [0.1, 0.15) is 21.1 Å². The van der Waals surface area contributed by atoms with Gasteiger partial charge in [-0.05, 0) is 31.4 Å². The summed E-state index contributed by atoms with van der Waals surface area (Å²) in [5, 5.41) is 7.34. The fraction of sp³-hybridized carbons (Fsp3) is 0.176. The van der Waals surface area contributed by atoms with E-state index in [0.717, 1.165) is 23.5 Å². The molecule has 3 aromatic rings. The Balaban J connectivity index is 1.83. The average molecular weight is 343 g/mol. The van der Waals surface area contributed by atoms with Crippen LogP contribution in [0, 0.1) is 13.8 Å². The molecule has 23 heavy (non-hydrogen) atoms. The van der Waals surface area contributed by atoms with Crippen molar-refractivity contribution in [1.82, 2.24) is 9.55 Å². The van der Waals surface area contributed by atoms with Crippen LogP contribution in [0.3, 0.4) is 0 Å². The van der Waals surface area contributed by atoms with Gasteiger partial charge in [-0.2, -0.15) is 0 Å². The average Bonchev–Trinajstić information content (AvgIpc) is 3.24. The number of aryl methyl sites for hydroxylation is 1. The number of hydrogen-bond acceptors (Lipinski definition) is 4. The van der Waals surface area contributed by atoms with E-state index in [1.54, 1.807) is 6.07 Å². The van der Waals surface area contributed by atoms with E-state index < -0.39 is 0 Å². The molecule has 1 amide bonds. The fourth-order valence-electron chi connectivity index (χ4n) is 2.49. The molecule has 3 heterocycles. The van der Waals surface area contributed by atoms with Crippen LogP contribution in [0.4, 0.5) is 5.13 Å². The SMILES string of the molecule is C=CCn1c(C)cc(-c2csc(NC(=O)c3cccs3)n2)c1C. The number of hydrogen-bond donors (Lipinski definition) is 1. The minimum absolute atomic E-state index is 0.113. The number of carbonyl (C=O) groups excluding carboxylic acids is 1. The van der Waals surface area contributed by atoms with E-state index in [-0.39, 0.29) is 5.91 Å². The number of nitrogens with one attached hydrogen (secondary N) is 1. The van der Waals surface area contributed by atoms with Gasteiger partial charge in [0.15, 0.2) is 5.13 Å². The third-order valence-electron chi connectivity index (χ3n) is 3.63. The maximum absolute atomic E-state index is 12.1. The predicted molar refractivity (Wildman–Crippen MR) is 97.5 cm³/mol. The topological polar surface area (TPSA) is 46.9 Å². The van der Waals surface area contributed by atoms with Gasteiger partial charge in [0.2, 0.25) is 0 Å². The summed E-state index contributed by atoms with van der Waals surface area (Å²) in [6.07, 6.45) is 1.89. The zero-order chi connectivity index (χ0) is 16.4. The molecular formula is C17H17N3OS2. The number of aromatic nitrogens is 2. The van der Waals surface area contributed by atoms with Gasteiger partial charge in [0, 0.05) is 28.9 Å². The number of rotatable bonds is 5. The summed E-state index contributed by atoms with van der Waals surface area (Å²) in [4.78, 5) is 17.3. The molecule has 6 heteroatoms. The van der Waals surface area contributed by atoms with Gasteiger partial charge in [-0.1, -0.05) is 12.1 Å². The van der Waals surface area contributed by atoms with Gasteiger partial charge in [-0.15, -0.1) is 29.3 Å². The highest BCUT2D eigenvalue weighted by Gasteiger charge is 2.14. The highest BCUT2D eigenvalue weighted by atomic mass is 32.1. The van der Waals surface area contributed by atoms with Gasteiger partial charge in [0.25, 0.3) is 5.91 Å². The molecular weight excluding hydrogens is 326 g/mol. The lowest BCUT2D eigenvalue weighted by molar-refractivity contribution is 0.103. The summed E-state index contributed by atoms with van der Waals surface area (Å²) in [5.74, 6) is -0.113. The molecule has 0 radical (unpaired) electrons. The molecule has 118 valence electrons. The van der Waals surface area contributed by atoms with Crippen LogP contribution in [0.2, 0.25) is 0 Å². The van der Waals surface area contributed by atoms with Crippen LogP contribution in [0.15, 0.2) is 41.6 Å². The summed E-state index contributed by atoms with van der Waals surface area (Å²) in [6.45, 7) is 8.74. The van der Waals surface area contributed by atoms with Crippen molar-refractivity contribution in [3.05, 3.63) is 57.9 Å². The smallest absolute Gasteiger partial charge is 0.267 e. The van der Waals surface area contributed by atoms with Crippen LogP contribution in [-0.2, 0) is 6.54 Å². The largest absolute Gasteiger partial charge is 0.345 e. The van der Waals surface area contributed by atoms with Crippen molar-refractivity contribution in [3.8, 4) is 11.3 Å². The van der Waals surface area contributed by atoms with Gasteiger partial charge in [0.05, 0.1) is 10.6 Å². The molecule has 0 bridgehead atoms. The molecule has 3 aromatic heterocycles. The first-order chi connectivity index (χ1) is 11.1. The normalized spacial score (nSPS) is 10.7. The van der Waals surface area contributed by atoms with Gasteiger partial charge in [0.1, 0.15) is 0 Å². The van der Waals surface area contributed by atoms with E-state index in [9.17, 15) is 4.79 Å². The van der Waals surface area contributed by atoms with E-state index in [0.29, 0.717) is 10.0 Å². The quantitative estimate of drug-likeness (QED) is 0.681. The van der Waals surface area contributed by atoms with Gasteiger partial charge in [-0.3, -0.25) is 10.1 Å². The first kappa shape index (κ1) is 15.7. The zero-order valence-corrected chi connectivity index (χ0v) is 14.6. The second-order valence-corrected chi connectivity index (χ2v) is 6.96. The van der Waals surface area contributed by atoms with Gasteiger partial charge in [-0.25, -0.2) is 4.98 Å². The lowest BCUT2D eigenvalue weighted by atomic mass is 10.2. The second-order valence-electron chi connectivity index (χ2n) is 5.15. The van der Waals surface area contributed by atoms with E-state index in [1.165, 1.54) is 28.4 Å². The molecule has 0 unspecified atom stereocenters. The number of allylic oxidation sites excluding steroid dienone is 1. The Morgan fingerprint density at radius 3 is 2.96 bits per heavy atom. The number of thiophene rings is 1. The first-order valence-electron chi connectivity index (χ1n) is 7.18. The molecule has 0 spiro atoms. The first-order valence-corrected chi connectivity index (χ1v) is 8.94. The molecule has 3 rings (SSSR count). The van der Waals surface area contributed by atoms with Crippen LogP contribution < -0.4 is 5.32 Å². The maximum atomic E-state index is 12.1. The molecule has 0 aliphatic rings. The van der Waals surface area contributed by atoms with Crippen molar-refractivity contribution in [2.45, 2.75) is 20.4 Å². The Morgan fingerprint density at radius 1 is 1.43 bits per heavy atom. The number of nitrogens with zero attached hydrogens (tertiary/aromatic N) is 2. The van der Waals surface area contributed by atoms with Crippen LogP contribution >= 0.6 is 22.7 Å². The summed E-state index contributed by atoms with van der Waals surface area (Å²) in [7, 11) is 0. The molecule has 0 saturated heterocycles. The Hall–Kier alpha value is -2.18. The van der Waals surface area contributed by atoms with E-state index in [2.05, 4.69) is 41.4 Å². The predicted octanol–water partition coefficient (Wildman–Crippen LogP) is 4.73. The minimum atomic E-state index is -0.113. The maximum Gasteiger partial charge on any atom is 0.267 e. The Kier molecular flexibility index (Phi) is 4.45. The lowest BCUT2D eigenvalue weighted by Gasteiger charge is -2.05. The molecule has 0 atom stereocenters. The van der Waals surface area contributed by atoms with Crippen LogP contribution in [-0.4, -0.2) is 15.5 Å². The Morgan fingerprint density at radius 2 is 2.26 bits per heavy atom. The number of amides is 1. The van der Waals surface area contributed by atoms with Crippen molar-refractivity contribution in [1.29, 1.82) is 0 Å². The van der Waals surface area contributed by atoms with Crippen molar-refractivity contribution in [2.75, 3.05) is 5.32 Å². The monoisotopic (exact) mass is 343 g/mol. The molecule has 0 aliphatic heterocycles. The standard InChI is InChI=1S/C17H17N3OS2/c1-4-7-20-11(2)9-13(12(20)3)14-10-23-17(18-14)19-16(21)15-6-5-8-22-15/h4-6,8-10H,1,7H2,2-3H3,(H,18,19,21).